The molecule has 0 heterocycles. The summed E-state index contributed by atoms with van der Waals surface area (Å²) in [7, 11) is 3.76. The Kier molecular flexibility index (Phi) is 6.89. The van der Waals surface area contributed by atoms with Crippen LogP contribution in [0.1, 0.15) is 30.0 Å². The summed E-state index contributed by atoms with van der Waals surface area (Å²) in [6.45, 7) is 9.44. The number of nitrogens with one attached hydrogen (secondary N) is 2. The first-order chi connectivity index (χ1) is 9.12. The van der Waals surface area contributed by atoms with Crippen LogP contribution in [-0.4, -0.2) is 27.2 Å². The summed E-state index contributed by atoms with van der Waals surface area (Å²) in [5, 5.41) is 6.79. The zero-order valence-corrected chi connectivity index (χ0v) is 13.0. The van der Waals surface area contributed by atoms with Crippen LogP contribution in [0, 0.1) is 19.8 Å². The van der Waals surface area contributed by atoms with Crippen LogP contribution in [0.2, 0.25) is 0 Å². The van der Waals surface area contributed by atoms with E-state index in [-0.39, 0.29) is 0 Å². The third-order valence-corrected chi connectivity index (χ3v) is 3.52. The Morgan fingerprint density at radius 2 is 1.95 bits per heavy atom. The molecule has 0 amide bonds. The van der Waals surface area contributed by atoms with E-state index in [0.717, 1.165) is 25.4 Å². The molecule has 1 aromatic carbocycles. The van der Waals surface area contributed by atoms with Crippen molar-refractivity contribution < 1.29 is 4.74 Å². The summed E-state index contributed by atoms with van der Waals surface area (Å²) in [5.41, 5.74) is 3.75. The summed E-state index contributed by atoms with van der Waals surface area (Å²) < 4.78 is 5.51. The standard InChI is InChI=1S/C16H28N2O/c1-6-14(9-17-4)10-18-11-15-8-12(2)7-13(3)16(15)19-5/h7-8,14,17-18H,6,9-11H2,1-5H3. The lowest BCUT2D eigenvalue weighted by atomic mass is 10.0. The van der Waals surface area contributed by atoms with Gasteiger partial charge >= 0.3 is 0 Å². The van der Waals surface area contributed by atoms with Crippen LogP contribution in [-0.2, 0) is 6.54 Å². The minimum absolute atomic E-state index is 0.682. The minimum atomic E-state index is 0.682. The Balaban J connectivity index is 2.62. The van der Waals surface area contributed by atoms with Crippen molar-refractivity contribution in [3.05, 3.63) is 28.8 Å². The summed E-state index contributed by atoms with van der Waals surface area (Å²) in [6, 6.07) is 4.37. The highest BCUT2D eigenvalue weighted by atomic mass is 16.5. The van der Waals surface area contributed by atoms with Crippen LogP contribution in [0.4, 0.5) is 0 Å². The smallest absolute Gasteiger partial charge is 0.126 e. The predicted octanol–water partition coefficient (Wildman–Crippen LogP) is 2.65. The third-order valence-electron chi connectivity index (χ3n) is 3.52. The number of methoxy groups -OCH3 is 1. The van der Waals surface area contributed by atoms with Crippen LogP contribution < -0.4 is 15.4 Å². The van der Waals surface area contributed by atoms with Gasteiger partial charge in [-0.15, -0.1) is 0 Å². The molecule has 2 N–H and O–H groups in total. The summed E-state index contributed by atoms with van der Waals surface area (Å²) >= 11 is 0. The van der Waals surface area contributed by atoms with Gasteiger partial charge in [0.1, 0.15) is 5.75 Å². The van der Waals surface area contributed by atoms with Gasteiger partial charge in [0.05, 0.1) is 7.11 Å². The van der Waals surface area contributed by atoms with Crippen molar-refractivity contribution >= 4 is 0 Å². The molecule has 0 aliphatic rings. The van der Waals surface area contributed by atoms with Gasteiger partial charge in [-0.1, -0.05) is 31.0 Å². The fraction of sp³-hybridized carbons (Fsp3) is 0.625. The van der Waals surface area contributed by atoms with E-state index in [1.165, 1.54) is 23.1 Å². The predicted molar refractivity (Wildman–Crippen MR) is 81.9 cm³/mol. The summed E-state index contributed by atoms with van der Waals surface area (Å²) in [4.78, 5) is 0. The minimum Gasteiger partial charge on any atom is -0.496 e. The molecular formula is C16H28N2O. The van der Waals surface area contributed by atoms with Crippen molar-refractivity contribution in [3.8, 4) is 5.75 Å². The van der Waals surface area contributed by atoms with Gasteiger partial charge in [-0.05, 0) is 45.5 Å². The van der Waals surface area contributed by atoms with Gasteiger partial charge in [0.25, 0.3) is 0 Å². The van der Waals surface area contributed by atoms with Crippen molar-refractivity contribution in [1.29, 1.82) is 0 Å². The average molecular weight is 264 g/mol. The third kappa shape index (κ3) is 4.84. The number of ether oxygens (including phenoxy) is 1. The molecule has 108 valence electrons. The van der Waals surface area contributed by atoms with E-state index in [1.807, 2.05) is 7.05 Å². The number of hydrogen-bond acceptors (Lipinski definition) is 3. The molecule has 0 radical (unpaired) electrons. The first-order valence-electron chi connectivity index (χ1n) is 7.11. The molecule has 0 spiro atoms. The molecule has 1 rings (SSSR count). The molecule has 0 fully saturated rings. The highest BCUT2D eigenvalue weighted by Gasteiger charge is 2.09. The Morgan fingerprint density at radius 1 is 1.21 bits per heavy atom. The molecule has 0 saturated heterocycles. The van der Waals surface area contributed by atoms with Crippen molar-refractivity contribution in [3.63, 3.8) is 0 Å². The fourth-order valence-corrected chi connectivity index (χ4v) is 2.53. The van der Waals surface area contributed by atoms with E-state index >= 15 is 0 Å². The van der Waals surface area contributed by atoms with Crippen molar-refractivity contribution in [2.75, 3.05) is 27.2 Å². The van der Waals surface area contributed by atoms with Gasteiger partial charge in [-0.3, -0.25) is 0 Å². The molecule has 0 aliphatic carbocycles. The SMILES string of the molecule is CCC(CNC)CNCc1cc(C)cc(C)c1OC. The molecule has 0 saturated carbocycles. The van der Waals surface area contributed by atoms with Crippen LogP contribution in [0.15, 0.2) is 12.1 Å². The lowest BCUT2D eigenvalue weighted by molar-refractivity contribution is 0.400. The molecule has 19 heavy (non-hydrogen) atoms. The summed E-state index contributed by atoms with van der Waals surface area (Å²) in [5.74, 6) is 1.70. The van der Waals surface area contributed by atoms with Gasteiger partial charge in [0.15, 0.2) is 0 Å². The highest BCUT2D eigenvalue weighted by molar-refractivity contribution is 5.43. The zero-order chi connectivity index (χ0) is 14.3. The molecule has 0 aromatic heterocycles. The zero-order valence-electron chi connectivity index (χ0n) is 13.0. The average Bonchev–Trinajstić information content (AvgIpc) is 2.37. The molecular weight excluding hydrogens is 236 g/mol. The number of rotatable bonds is 8. The van der Waals surface area contributed by atoms with E-state index in [4.69, 9.17) is 4.74 Å². The first kappa shape index (κ1) is 16.0. The van der Waals surface area contributed by atoms with E-state index in [9.17, 15) is 0 Å². The molecule has 1 unspecified atom stereocenters. The Bertz CT molecular complexity index is 391. The second-order valence-corrected chi connectivity index (χ2v) is 5.24. The van der Waals surface area contributed by atoms with Crippen LogP contribution in [0.3, 0.4) is 0 Å². The second-order valence-electron chi connectivity index (χ2n) is 5.24. The van der Waals surface area contributed by atoms with Crippen LogP contribution in [0.25, 0.3) is 0 Å². The largest absolute Gasteiger partial charge is 0.496 e. The first-order valence-corrected chi connectivity index (χ1v) is 7.11. The van der Waals surface area contributed by atoms with Crippen LogP contribution >= 0.6 is 0 Å². The molecule has 0 aliphatic heterocycles. The van der Waals surface area contributed by atoms with Gasteiger partial charge in [-0.25, -0.2) is 0 Å². The lowest BCUT2D eigenvalue weighted by Crippen LogP contribution is -2.29. The number of benzene rings is 1. The second kappa shape index (κ2) is 8.18. The quantitative estimate of drug-likeness (QED) is 0.757. The van der Waals surface area contributed by atoms with E-state index in [2.05, 4.69) is 43.5 Å². The van der Waals surface area contributed by atoms with E-state index < -0.39 is 0 Å². The van der Waals surface area contributed by atoms with E-state index in [0.29, 0.717) is 5.92 Å². The molecule has 1 atom stereocenters. The number of aryl methyl sites for hydroxylation is 2. The Hall–Kier alpha value is -1.06. The van der Waals surface area contributed by atoms with Gasteiger partial charge in [-0.2, -0.15) is 0 Å². The van der Waals surface area contributed by atoms with Gasteiger partial charge in [0.2, 0.25) is 0 Å². The molecule has 1 aromatic rings. The molecule has 3 nitrogen and oxygen atoms in total. The molecule has 0 bridgehead atoms. The maximum Gasteiger partial charge on any atom is 0.126 e. The normalized spacial score (nSPS) is 12.5. The Labute approximate surface area is 117 Å². The van der Waals surface area contributed by atoms with Crippen molar-refractivity contribution in [2.45, 2.75) is 33.7 Å². The number of hydrogen-bond donors (Lipinski definition) is 2. The maximum absolute atomic E-state index is 5.51. The Morgan fingerprint density at radius 3 is 2.53 bits per heavy atom. The maximum atomic E-state index is 5.51. The van der Waals surface area contributed by atoms with Gasteiger partial charge < -0.3 is 15.4 Å². The van der Waals surface area contributed by atoms with Crippen molar-refractivity contribution in [1.82, 2.24) is 10.6 Å². The lowest BCUT2D eigenvalue weighted by Gasteiger charge is -2.17. The van der Waals surface area contributed by atoms with E-state index in [1.54, 1.807) is 7.11 Å². The molecule has 3 heteroatoms. The topological polar surface area (TPSA) is 33.3 Å². The fourth-order valence-electron chi connectivity index (χ4n) is 2.53. The monoisotopic (exact) mass is 264 g/mol. The van der Waals surface area contributed by atoms with Crippen LogP contribution in [0.5, 0.6) is 5.75 Å². The highest BCUT2D eigenvalue weighted by Crippen LogP contribution is 2.24. The van der Waals surface area contributed by atoms with Gasteiger partial charge in [0, 0.05) is 12.1 Å². The van der Waals surface area contributed by atoms with Crippen molar-refractivity contribution in [2.24, 2.45) is 5.92 Å². The summed E-state index contributed by atoms with van der Waals surface area (Å²) in [6.07, 6.45) is 1.19.